The van der Waals surface area contributed by atoms with Crippen LogP contribution in [0.15, 0.2) is 76.2 Å². The summed E-state index contributed by atoms with van der Waals surface area (Å²) in [6, 6.07) is 10.0. The van der Waals surface area contributed by atoms with E-state index < -0.39 is 23.3 Å². The quantitative estimate of drug-likeness (QED) is 0.208. The van der Waals surface area contributed by atoms with Gasteiger partial charge in [-0.3, -0.25) is 19.7 Å². The van der Waals surface area contributed by atoms with E-state index in [-0.39, 0.29) is 40.2 Å². The van der Waals surface area contributed by atoms with E-state index in [1.807, 2.05) is 0 Å². The Balaban J connectivity index is 1.81. The average molecular weight is 465 g/mol. The molecule has 174 valence electrons. The van der Waals surface area contributed by atoms with Gasteiger partial charge in [0.15, 0.2) is 11.4 Å². The van der Waals surface area contributed by atoms with Crippen molar-refractivity contribution in [1.82, 2.24) is 10.1 Å². The summed E-state index contributed by atoms with van der Waals surface area (Å²) in [6.07, 6.45) is 4.82. The van der Waals surface area contributed by atoms with Gasteiger partial charge in [0.25, 0.3) is 11.6 Å². The first-order valence-electron chi connectivity index (χ1n) is 9.88. The van der Waals surface area contributed by atoms with E-state index in [2.05, 4.69) is 15.7 Å². The van der Waals surface area contributed by atoms with Crippen molar-refractivity contribution in [2.45, 2.75) is 13.5 Å². The highest BCUT2D eigenvalue weighted by atomic mass is 16.6. The Morgan fingerprint density at radius 1 is 1.26 bits per heavy atom. The maximum absolute atomic E-state index is 12.8. The molecule has 2 amide bonds. The van der Waals surface area contributed by atoms with Crippen LogP contribution in [0, 0.1) is 15.0 Å². The van der Waals surface area contributed by atoms with Crippen LogP contribution in [-0.2, 0) is 11.3 Å². The third-order valence-corrected chi connectivity index (χ3v) is 4.67. The highest BCUT2D eigenvalue weighted by molar-refractivity contribution is 6.07. The number of nitro benzene ring substituents is 1. The minimum atomic E-state index is -0.873. The molecule has 12 heteroatoms. The molecule has 0 saturated heterocycles. The smallest absolute Gasteiger partial charge is 0.316 e. The molecule has 1 heterocycles. The molecule has 0 aliphatic carbocycles. The summed E-state index contributed by atoms with van der Waals surface area (Å²) in [6.45, 7) is 1.45. The standard InChI is InChI=1S/C22H19N5O7/c1-2-9-26(11-14-3-5-15(6-4-14)22(30)24-31)12-16(13-28)21(29)23-20-18-10-17(27(32)33)7-8-19(18)34-25-20/h2-10,12,28H,11,13H2,1H3,(H,23,25,29)/b9-2-,16-12+. The summed E-state index contributed by atoms with van der Waals surface area (Å²) in [5, 5.41) is 29.7. The van der Waals surface area contributed by atoms with Gasteiger partial charge in [-0.1, -0.05) is 23.4 Å². The fraction of sp³-hybridized carbons (Fsp3) is 0.136. The van der Waals surface area contributed by atoms with Crippen molar-refractivity contribution in [1.29, 1.82) is 0 Å². The fourth-order valence-electron chi connectivity index (χ4n) is 3.04. The molecule has 0 atom stereocenters. The summed E-state index contributed by atoms with van der Waals surface area (Å²) < 4.78 is 5.09. The third kappa shape index (κ3) is 5.55. The van der Waals surface area contributed by atoms with Gasteiger partial charge in [0.1, 0.15) is 0 Å². The van der Waals surface area contributed by atoms with Crippen molar-refractivity contribution in [3.8, 4) is 0 Å². The summed E-state index contributed by atoms with van der Waals surface area (Å²) >= 11 is 0. The number of carbonyl (C=O) groups is 2. The molecule has 3 rings (SSSR count). The number of anilines is 1. The molecular weight excluding hydrogens is 446 g/mol. The lowest BCUT2D eigenvalue weighted by Gasteiger charge is -2.17. The summed E-state index contributed by atoms with van der Waals surface area (Å²) in [4.78, 5) is 46.6. The van der Waals surface area contributed by atoms with Crippen LogP contribution in [0.4, 0.5) is 11.5 Å². The predicted molar refractivity (Wildman–Crippen MR) is 121 cm³/mol. The Hall–Kier alpha value is -4.71. The number of fused-ring (bicyclic) bond motifs is 1. The van der Waals surface area contributed by atoms with E-state index in [1.165, 1.54) is 36.5 Å². The van der Waals surface area contributed by atoms with Crippen LogP contribution in [0.2, 0.25) is 0 Å². The normalized spacial score (nSPS) is 11.5. The van der Waals surface area contributed by atoms with Gasteiger partial charge in [-0.05, 0) is 36.9 Å². The molecule has 34 heavy (non-hydrogen) atoms. The number of nitrogens with zero attached hydrogens (tertiary/aromatic N) is 4. The molecule has 3 aromatic rings. The number of aliphatic hydroxyl groups excluding tert-OH is 1. The van der Waals surface area contributed by atoms with Crippen LogP contribution < -0.4 is 5.32 Å². The SMILES string of the molecule is C/C=C\N(/C=C(\CO)C(=O)Nc1noc2ccc([N+](=O)[O-])cc12)Cc1ccc(C(=O)N=O)cc1. The van der Waals surface area contributed by atoms with Gasteiger partial charge in [-0.15, -0.1) is 4.91 Å². The molecule has 12 nitrogen and oxygen atoms in total. The molecule has 0 aliphatic heterocycles. The second kappa shape index (κ2) is 10.7. The Kier molecular flexibility index (Phi) is 7.56. The second-order valence-corrected chi connectivity index (χ2v) is 6.98. The van der Waals surface area contributed by atoms with Gasteiger partial charge in [-0.25, -0.2) is 0 Å². The van der Waals surface area contributed by atoms with Crippen LogP contribution in [0.1, 0.15) is 22.8 Å². The molecule has 0 bridgehead atoms. The molecule has 1 aromatic heterocycles. The van der Waals surface area contributed by atoms with Gasteiger partial charge in [0.2, 0.25) is 0 Å². The number of allylic oxidation sites excluding steroid dienone is 1. The maximum Gasteiger partial charge on any atom is 0.316 e. The molecular formula is C22H19N5O7. The average Bonchev–Trinajstić information content (AvgIpc) is 3.24. The monoisotopic (exact) mass is 465 g/mol. The number of carbonyl (C=O) groups excluding carboxylic acids is 2. The maximum atomic E-state index is 12.8. The Morgan fingerprint density at radius 2 is 2.00 bits per heavy atom. The number of nitrogens with one attached hydrogen (secondary N) is 1. The first-order chi connectivity index (χ1) is 16.4. The van der Waals surface area contributed by atoms with Crippen molar-refractivity contribution >= 4 is 34.3 Å². The summed E-state index contributed by atoms with van der Waals surface area (Å²) in [7, 11) is 0. The van der Waals surface area contributed by atoms with Crippen molar-refractivity contribution in [3.05, 3.63) is 92.7 Å². The zero-order valence-corrected chi connectivity index (χ0v) is 17.9. The van der Waals surface area contributed by atoms with E-state index in [9.17, 15) is 29.7 Å². The van der Waals surface area contributed by atoms with E-state index in [0.717, 1.165) is 5.56 Å². The van der Waals surface area contributed by atoms with Crippen molar-refractivity contribution in [2.75, 3.05) is 11.9 Å². The van der Waals surface area contributed by atoms with E-state index in [1.54, 1.807) is 36.2 Å². The first-order valence-corrected chi connectivity index (χ1v) is 9.88. The lowest BCUT2D eigenvalue weighted by atomic mass is 10.1. The molecule has 0 unspecified atom stereocenters. The highest BCUT2D eigenvalue weighted by Gasteiger charge is 2.18. The molecule has 0 spiro atoms. The lowest BCUT2D eigenvalue weighted by molar-refractivity contribution is -0.384. The van der Waals surface area contributed by atoms with Crippen molar-refractivity contribution in [3.63, 3.8) is 0 Å². The van der Waals surface area contributed by atoms with E-state index >= 15 is 0 Å². The van der Waals surface area contributed by atoms with Crippen molar-refractivity contribution < 1.29 is 24.1 Å². The molecule has 0 aliphatic rings. The number of hydrogen-bond donors (Lipinski definition) is 2. The largest absolute Gasteiger partial charge is 0.391 e. The topological polar surface area (TPSA) is 168 Å². The van der Waals surface area contributed by atoms with Crippen molar-refractivity contribution in [2.24, 2.45) is 5.18 Å². The van der Waals surface area contributed by atoms with Gasteiger partial charge >= 0.3 is 5.91 Å². The fourth-order valence-corrected chi connectivity index (χ4v) is 3.04. The van der Waals surface area contributed by atoms with Crippen LogP contribution in [0.3, 0.4) is 0 Å². The number of rotatable bonds is 9. The Bertz CT molecular complexity index is 1290. The van der Waals surface area contributed by atoms with Crippen LogP contribution in [0.5, 0.6) is 0 Å². The minimum Gasteiger partial charge on any atom is -0.391 e. The molecule has 0 saturated carbocycles. The third-order valence-electron chi connectivity index (χ3n) is 4.67. The number of amides is 2. The van der Waals surface area contributed by atoms with Gasteiger partial charge < -0.3 is 19.8 Å². The number of benzene rings is 2. The molecule has 2 aromatic carbocycles. The highest BCUT2D eigenvalue weighted by Crippen LogP contribution is 2.27. The number of aromatic nitrogens is 1. The molecule has 0 radical (unpaired) electrons. The van der Waals surface area contributed by atoms with Gasteiger partial charge in [-0.2, -0.15) is 0 Å². The summed E-state index contributed by atoms with van der Waals surface area (Å²) in [5.41, 5.74) is 0.945. The van der Waals surface area contributed by atoms with Crippen LogP contribution >= 0.6 is 0 Å². The number of nitro groups is 1. The molecule has 2 N–H and O–H groups in total. The molecule has 0 fully saturated rings. The summed E-state index contributed by atoms with van der Waals surface area (Å²) in [5.74, 6) is -1.58. The minimum absolute atomic E-state index is 0.0170. The zero-order valence-electron chi connectivity index (χ0n) is 17.9. The zero-order chi connectivity index (χ0) is 24.7. The second-order valence-electron chi connectivity index (χ2n) is 6.98. The van der Waals surface area contributed by atoms with Crippen LogP contribution in [0.25, 0.3) is 11.0 Å². The van der Waals surface area contributed by atoms with E-state index in [0.29, 0.717) is 0 Å². The Morgan fingerprint density at radius 3 is 2.62 bits per heavy atom. The number of nitroso groups, excluding NO2 is 1. The number of non-ortho nitro benzene ring substituents is 1. The predicted octanol–water partition coefficient (Wildman–Crippen LogP) is 3.49. The Labute approximate surface area is 192 Å². The van der Waals surface area contributed by atoms with Crippen LogP contribution in [-0.4, -0.2) is 38.5 Å². The number of aliphatic hydroxyl groups is 1. The lowest BCUT2D eigenvalue weighted by Crippen LogP contribution is -2.20. The number of hydrogen-bond acceptors (Lipinski definition) is 9. The first kappa shape index (κ1) is 23.9. The van der Waals surface area contributed by atoms with E-state index in [4.69, 9.17) is 4.52 Å². The van der Waals surface area contributed by atoms with Gasteiger partial charge in [0, 0.05) is 35.6 Å². The van der Waals surface area contributed by atoms with Gasteiger partial charge in [0.05, 0.1) is 22.5 Å².